The number of furan rings is 1. The zero-order valence-corrected chi connectivity index (χ0v) is 26.1. The Balaban J connectivity index is 1.32. The van der Waals surface area contributed by atoms with Gasteiger partial charge in [0.1, 0.15) is 11.3 Å². The molecule has 9 aromatic rings. The first-order valence-electron chi connectivity index (χ1n) is 15.9. The van der Waals surface area contributed by atoms with Gasteiger partial charge < -0.3 is 4.42 Å². The number of aromatic nitrogens is 6. The zero-order chi connectivity index (χ0) is 32.6. The van der Waals surface area contributed by atoms with Crippen LogP contribution < -0.4 is 0 Å². The minimum absolute atomic E-state index is 0.652. The van der Waals surface area contributed by atoms with Crippen LogP contribution in [0.15, 0.2) is 163 Å². The Morgan fingerprint density at radius 2 is 0.980 bits per heavy atom. The first-order chi connectivity index (χ1) is 24.3. The minimum atomic E-state index is 0.652. The Bertz CT molecular complexity index is 2520. The van der Waals surface area contributed by atoms with Crippen LogP contribution >= 0.6 is 0 Å². The molecule has 7 aromatic heterocycles. The van der Waals surface area contributed by atoms with Gasteiger partial charge in [0.2, 0.25) is 0 Å². The van der Waals surface area contributed by atoms with Crippen molar-refractivity contribution >= 4 is 21.9 Å². The average Bonchev–Trinajstić information content (AvgIpc) is 3.60. The van der Waals surface area contributed by atoms with Crippen molar-refractivity contribution in [1.29, 1.82) is 0 Å². The average molecular weight is 631 g/mol. The molecule has 7 nitrogen and oxygen atoms in total. The highest BCUT2D eigenvalue weighted by Crippen LogP contribution is 2.46. The molecule has 0 atom stereocenters. The molecule has 7 heteroatoms. The Morgan fingerprint density at radius 3 is 1.57 bits per heavy atom. The molecule has 0 fully saturated rings. The molecule has 0 bridgehead atoms. The van der Waals surface area contributed by atoms with E-state index in [1.165, 1.54) is 0 Å². The zero-order valence-electron chi connectivity index (χ0n) is 26.1. The number of pyridine rings is 6. The van der Waals surface area contributed by atoms with Gasteiger partial charge in [-0.1, -0.05) is 60.7 Å². The lowest BCUT2D eigenvalue weighted by molar-refractivity contribution is 0.632. The van der Waals surface area contributed by atoms with E-state index in [0.29, 0.717) is 5.76 Å². The van der Waals surface area contributed by atoms with Crippen molar-refractivity contribution in [3.05, 3.63) is 158 Å². The molecule has 0 aliphatic rings. The van der Waals surface area contributed by atoms with Crippen molar-refractivity contribution in [2.24, 2.45) is 0 Å². The Kier molecular flexibility index (Phi) is 6.98. The Labute approximate surface area is 281 Å². The second-order valence-corrected chi connectivity index (χ2v) is 11.6. The van der Waals surface area contributed by atoms with Gasteiger partial charge in [-0.25, -0.2) is 9.97 Å². The molecule has 0 saturated carbocycles. The summed E-state index contributed by atoms with van der Waals surface area (Å²) in [5.74, 6) is 0.652. The summed E-state index contributed by atoms with van der Waals surface area (Å²) < 4.78 is 6.85. The van der Waals surface area contributed by atoms with E-state index in [2.05, 4.69) is 57.4 Å². The predicted molar refractivity (Wildman–Crippen MR) is 193 cm³/mol. The van der Waals surface area contributed by atoms with Gasteiger partial charge in [0, 0.05) is 35.7 Å². The molecule has 0 aliphatic carbocycles. The second kappa shape index (κ2) is 12.1. The van der Waals surface area contributed by atoms with Gasteiger partial charge in [0.25, 0.3) is 0 Å². The molecular weight excluding hydrogens is 605 g/mol. The van der Waals surface area contributed by atoms with E-state index >= 15 is 0 Å². The van der Waals surface area contributed by atoms with Crippen LogP contribution in [0, 0.1) is 0 Å². The number of rotatable bonds is 6. The Morgan fingerprint density at radius 1 is 0.408 bits per heavy atom. The van der Waals surface area contributed by atoms with Crippen LogP contribution in [-0.2, 0) is 0 Å². The third-order valence-electron chi connectivity index (χ3n) is 8.50. The standard InChI is InChI=1S/C42H26N6O/c1-2-12-27(13-3-1)40-39-38(33-16-6-10-22-45-33)42(34-17-7-11-23-46-34)49-41(39)30-19-18-28(24-35(30)48-40)29-25-36(31-14-4-8-20-43-31)47-37(26-29)32-15-5-9-21-44-32/h1-26H. The van der Waals surface area contributed by atoms with Crippen molar-refractivity contribution in [2.45, 2.75) is 0 Å². The lowest BCUT2D eigenvalue weighted by Gasteiger charge is -2.11. The fourth-order valence-electron chi connectivity index (χ4n) is 6.24. The van der Waals surface area contributed by atoms with Crippen molar-refractivity contribution in [3.63, 3.8) is 0 Å². The lowest BCUT2D eigenvalue weighted by atomic mass is 9.96. The molecule has 230 valence electrons. The fraction of sp³-hybridized carbons (Fsp3) is 0. The molecule has 0 saturated heterocycles. The molecule has 0 spiro atoms. The van der Waals surface area contributed by atoms with E-state index in [1.54, 1.807) is 24.8 Å². The third-order valence-corrected chi connectivity index (χ3v) is 8.50. The summed E-state index contributed by atoms with van der Waals surface area (Å²) in [4.78, 5) is 28.9. The highest BCUT2D eigenvalue weighted by atomic mass is 16.3. The van der Waals surface area contributed by atoms with Gasteiger partial charge in [0.15, 0.2) is 5.76 Å². The van der Waals surface area contributed by atoms with E-state index in [-0.39, 0.29) is 0 Å². The smallest absolute Gasteiger partial charge is 0.163 e. The summed E-state index contributed by atoms with van der Waals surface area (Å²) in [6.07, 6.45) is 7.13. The predicted octanol–water partition coefficient (Wildman–Crippen LogP) is 9.96. The van der Waals surface area contributed by atoms with Gasteiger partial charge in [-0.2, -0.15) is 0 Å². The molecule has 0 unspecified atom stereocenters. The Hall–Kier alpha value is -6.86. The van der Waals surface area contributed by atoms with Gasteiger partial charge in [-0.05, 0) is 83.9 Å². The minimum Gasteiger partial charge on any atom is -0.453 e. The topological polar surface area (TPSA) is 90.5 Å². The maximum atomic E-state index is 6.85. The molecule has 0 N–H and O–H groups in total. The van der Waals surface area contributed by atoms with E-state index in [4.69, 9.17) is 19.4 Å². The van der Waals surface area contributed by atoms with Crippen LogP contribution in [0.2, 0.25) is 0 Å². The monoisotopic (exact) mass is 630 g/mol. The molecule has 49 heavy (non-hydrogen) atoms. The van der Waals surface area contributed by atoms with Gasteiger partial charge in [-0.3, -0.25) is 19.9 Å². The van der Waals surface area contributed by atoms with Crippen LogP contribution in [0.5, 0.6) is 0 Å². The molecule has 7 heterocycles. The van der Waals surface area contributed by atoms with Crippen LogP contribution in [0.4, 0.5) is 0 Å². The molecule has 0 aliphatic heterocycles. The van der Waals surface area contributed by atoms with Crippen LogP contribution in [0.1, 0.15) is 0 Å². The molecule has 2 aromatic carbocycles. The van der Waals surface area contributed by atoms with Crippen molar-refractivity contribution < 1.29 is 4.42 Å². The largest absolute Gasteiger partial charge is 0.453 e. The molecule has 0 radical (unpaired) electrons. The van der Waals surface area contributed by atoms with Crippen molar-refractivity contribution in [3.8, 4) is 67.9 Å². The van der Waals surface area contributed by atoms with Gasteiger partial charge in [0.05, 0.1) is 50.6 Å². The van der Waals surface area contributed by atoms with Gasteiger partial charge >= 0.3 is 0 Å². The highest BCUT2D eigenvalue weighted by molar-refractivity contribution is 6.16. The number of hydrogen-bond acceptors (Lipinski definition) is 7. The summed E-state index contributed by atoms with van der Waals surface area (Å²) in [6, 6.07) is 44.1. The van der Waals surface area contributed by atoms with E-state index in [1.807, 2.05) is 91.0 Å². The molecule has 9 rings (SSSR count). The van der Waals surface area contributed by atoms with E-state index in [0.717, 1.165) is 84.0 Å². The first kappa shape index (κ1) is 28.4. The van der Waals surface area contributed by atoms with Crippen LogP contribution in [-0.4, -0.2) is 29.9 Å². The summed E-state index contributed by atoms with van der Waals surface area (Å²) in [7, 11) is 0. The quantitative estimate of drug-likeness (QED) is 0.181. The summed E-state index contributed by atoms with van der Waals surface area (Å²) in [5.41, 5.74) is 10.7. The number of fused-ring (bicyclic) bond motifs is 3. The number of nitrogens with zero attached hydrogens (tertiary/aromatic N) is 6. The van der Waals surface area contributed by atoms with E-state index < -0.39 is 0 Å². The maximum absolute atomic E-state index is 6.85. The first-order valence-corrected chi connectivity index (χ1v) is 15.9. The van der Waals surface area contributed by atoms with Crippen molar-refractivity contribution in [2.75, 3.05) is 0 Å². The summed E-state index contributed by atoms with van der Waals surface area (Å²) in [5, 5.41) is 1.78. The molecular formula is C42H26N6O. The van der Waals surface area contributed by atoms with Gasteiger partial charge in [-0.15, -0.1) is 0 Å². The second-order valence-electron chi connectivity index (χ2n) is 11.6. The lowest BCUT2D eigenvalue weighted by Crippen LogP contribution is -1.94. The fourth-order valence-corrected chi connectivity index (χ4v) is 6.24. The highest BCUT2D eigenvalue weighted by Gasteiger charge is 2.25. The normalized spacial score (nSPS) is 11.3. The SMILES string of the molecule is c1ccc(-c2nc3cc(-c4cc(-c5ccccn5)nc(-c5ccccn5)c4)ccc3c3oc(-c4ccccn4)c(-c4ccccn4)c23)cc1. The summed E-state index contributed by atoms with van der Waals surface area (Å²) >= 11 is 0. The van der Waals surface area contributed by atoms with Crippen LogP contribution in [0.3, 0.4) is 0 Å². The summed E-state index contributed by atoms with van der Waals surface area (Å²) in [6.45, 7) is 0. The van der Waals surface area contributed by atoms with Crippen molar-refractivity contribution in [1.82, 2.24) is 29.9 Å². The van der Waals surface area contributed by atoms with E-state index in [9.17, 15) is 0 Å². The molecule has 0 amide bonds. The number of benzene rings is 2. The third kappa shape index (κ3) is 5.20. The van der Waals surface area contributed by atoms with Crippen LogP contribution in [0.25, 0.3) is 89.7 Å². The number of hydrogen-bond donors (Lipinski definition) is 0. The maximum Gasteiger partial charge on any atom is 0.163 e.